The Kier molecular flexibility index (Phi) is 34.0. The average Bonchev–Trinajstić information content (AvgIpc) is 3.77. The van der Waals surface area contributed by atoms with Gasteiger partial charge in [0.1, 0.15) is 5.82 Å². The molecule has 2 aliphatic rings. The van der Waals surface area contributed by atoms with Gasteiger partial charge in [0.15, 0.2) is 0 Å². The van der Waals surface area contributed by atoms with Crippen molar-refractivity contribution < 1.29 is 31.6 Å². The van der Waals surface area contributed by atoms with Crippen LogP contribution in [-0.4, -0.2) is 89.3 Å². The van der Waals surface area contributed by atoms with E-state index in [2.05, 4.69) is 107 Å². The Bertz CT molecular complexity index is 1460. The second-order valence-corrected chi connectivity index (χ2v) is 12.8. The summed E-state index contributed by atoms with van der Waals surface area (Å²) in [6.07, 6.45) is 13.9. The fraction of sp³-hybridized carbons (Fsp3) is 0.406. The largest absolute Gasteiger partial charge is 2.00 e. The van der Waals surface area contributed by atoms with Crippen molar-refractivity contribution in [2.24, 2.45) is 0 Å². The maximum Gasteiger partial charge on any atom is 2.00 e. The number of hydrogen-bond donors (Lipinski definition) is 0. The minimum absolute atomic E-state index is 0. The van der Waals surface area contributed by atoms with Gasteiger partial charge >= 0.3 is 34.4 Å². The number of fused-ring (bicyclic) bond motifs is 1. The van der Waals surface area contributed by atoms with Gasteiger partial charge < -0.3 is 38.1 Å². The number of nitrogens with zero attached hydrogens (tertiary/aromatic N) is 7. The number of nitro groups is 2. The van der Waals surface area contributed by atoms with Crippen LogP contribution in [0.15, 0.2) is 56.8 Å². The molecule has 5 rings (SSSR count). The zero-order valence-electron chi connectivity index (χ0n) is 28.3. The summed E-state index contributed by atoms with van der Waals surface area (Å²) in [6.45, 7) is 13.2. The van der Waals surface area contributed by atoms with Crippen molar-refractivity contribution in [3.8, 4) is 0 Å². The molecule has 1 aliphatic heterocycles. The molecule has 1 aliphatic carbocycles. The van der Waals surface area contributed by atoms with Gasteiger partial charge in [-0.1, -0.05) is 51.4 Å². The van der Waals surface area contributed by atoms with Gasteiger partial charge in [0.05, 0.1) is 9.85 Å². The number of halogens is 5. The maximum atomic E-state index is 10.6. The van der Waals surface area contributed by atoms with E-state index in [9.17, 15) is 20.2 Å². The SMILES string of the molecule is C.C1CCOC1.CCC.CN(C)c1ncc(Br)c2c1CC=C2.CN(C)c1ncc(Br)cc1[N+](=O)[O-].O=[N+]([O-])c1cc(Br)cnc1Cl.[Br-].[CH-]=C.[Mg+2]. The minimum atomic E-state index is -0.583. The molecule has 3 aromatic rings. The van der Waals surface area contributed by atoms with Crippen LogP contribution in [0.1, 0.15) is 51.7 Å². The second-order valence-electron chi connectivity index (χ2n) is 9.72. The number of pyridine rings is 3. The summed E-state index contributed by atoms with van der Waals surface area (Å²) < 4.78 is 7.17. The van der Waals surface area contributed by atoms with Crippen molar-refractivity contribution in [1.29, 1.82) is 0 Å². The summed E-state index contributed by atoms with van der Waals surface area (Å²) in [6, 6.07) is 2.73. The molecule has 3 aromatic heterocycles. The van der Waals surface area contributed by atoms with E-state index in [1.807, 2.05) is 20.3 Å². The van der Waals surface area contributed by atoms with Crippen LogP contribution in [0, 0.1) is 26.8 Å². The number of allylic oxidation sites excluding steroid dienone is 1. The van der Waals surface area contributed by atoms with Gasteiger partial charge in [-0.3, -0.25) is 26.8 Å². The van der Waals surface area contributed by atoms with E-state index in [1.165, 1.54) is 54.9 Å². The zero-order valence-corrected chi connectivity index (χ0v) is 36.9. The molecular weight excluding hydrogens is 942 g/mol. The number of rotatable bonds is 4. The first-order valence-corrected chi connectivity index (χ1v) is 16.9. The summed E-state index contributed by atoms with van der Waals surface area (Å²) >= 11 is 15.1. The first-order chi connectivity index (χ1) is 22.2. The van der Waals surface area contributed by atoms with Gasteiger partial charge in [-0.05, 0) is 72.6 Å². The molecule has 0 aromatic carbocycles. The van der Waals surface area contributed by atoms with E-state index < -0.39 is 9.85 Å². The van der Waals surface area contributed by atoms with E-state index in [0.29, 0.717) is 14.8 Å². The molecule has 0 unspecified atom stereocenters. The molecule has 0 bridgehead atoms. The Hall–Kier alpha value is -1.73. The molecule has 0 saturated carbocycles. The van der Waals surface area contributed by atoms with Crippen LogP contribution in [0.2, 0.25) is 5.15 Å². The summed E-state index contributed by atoms with van der Waals surface area (Å²) in [5.41, 5.74) is 2.40. The third-order valence-electron chi connectivity index (χ3n) is 5.43. The minimum Gasteiger partial charge on any atom is -1.00 e. The van der Waals surface area contributed by atoms with Crippen LogP contribution in [0.25, 0.3) is 6.08 Å². The van der Waals surface area contributed by atoms with Crippen molar-refractivity contribution in [3.63, 3.8) is 0 Å². The molecule has 0 radical (unpaired) electrons. The Labute approximate surface area is 353 Å². The van der Waals surface area contributed by atoms with Crippen LogP contribution >= 0.6 is 59.4 Å². The van der Waals surface area contributed by atoms with Crippen molar-refractivity contribution in [3.05, 3.63) is 99.9 Å². The smallest absolute Gasteiger partial charge is 1.00 e. The molecule has 18 heteroatoms. The zero-order chi connectivity index (χ0) is 36.1. The van der Waals surface area contributed by atoms with Gasteiger partial charge in [-0.25, -0.2) is 15.0 Å². The molecule has 0 spiro atoms. The molecule has 1 fully saturated rings. The number of aromatic nitrogens is 3. The van der Waals surface area contributed by atoms with Crippen LogP contribution in [0.5, 0.6) is 0 Å². The van der Waals surface area contributed by atoms with Gasteiger partial charge in [0.25, 0.3) is 0 Å². The van der Waals surface area contributed by atoms with Crippen LogP contribution < -0.4 is 26.8 Å². The monoisotopic (exact) mass is 981 g/mol. The van der Waals surface area contributed by atoms with Gasteiger partial charge in [-0.15, -0.1) is 0 Å². The first kappa shape index (κ1) is 55.0. The molecule has 50 heavy (non-hydrogen) atoms. The normalized spacial score (nSPS) is 10.9. The number of ether oxygens (including phenoxy) is 1. The summed E-state index contributed by atoms with van der Waals surface area (Å²) in [7, 11) is 7.47. The molecule has 4 heterocycles. The predicted molar refractivity (Wildman–Crippen MR) is 214 cm³/mol. The average molecular weight is 986 g/mol. The maximum absolute atomic E-state index is 10.6. The van der Waals surface area contributed by atoms with E-state index in [1.54, 1.807) is 19.0 Å². The quantitative estimate of drug-likeness (QED) is 0.0904. The molecule has 12 nitrogen and oxygen atoms in total. The molecule has 274 valence electrons. The first-order valence-electron chi connectivity index (χ1n) is 14.2. The van der Waals surface area contributed by atoms with Crippen molar-refractivity contribution in [2.45, 2.75) is 47.0 Å². The standard InChI is InChI=1S/C10H11BrN2.C7H8BrN3O2.C5H2BrClN2O2.C4H8O.C3H8.C2H3.CH4.BrH.Mg/c1-13(2)10-8-5-3-4-7(8)9(11)6-12-10;1-10(2)7-6(11(12)13)3-5(8)4-9-7;6-3-1-4(9(10)11)5(7)8-2-3;1-2-4-5-3-1;1-3-2;1-2;;;/h3-4,6H,5H2,1-2H3;3-4H,1-2H3;1-2H;1-4H2;3H2,1-2H3;1H,2H2;1H4;1H;/q;;;;;-1;;;+2/p-1. The predicted octanol–water partition coefficient (Wildman–Crippen LogP) is 6.78. The fourth-order valence-electron chi connectivity index (χ4n) is 3.54. The molecule has 0 atom stereocenters. The summed E-state index contributed by atoms with van der Waals surface area (Å²) in [5.74, 6) is 1.43. The Balaban J connectivity index is -0.000000273. The van der Waals surface area contributed by atoms with Crippen molar-refractivity contribution in [1.82, 2.24) is 15.0 Å². The topological polar surface area (TPSA) is 141 Å². The number of anilines is 2. The Morgan fingerprint density at radius 3 is 1.72 bits per heavy atom. The van der Waals surface area contributed by atoms with Gasteiger partial charge in [0, 0.05) is 91.1 Å². The van der Waals surface area contributed by atoms with E-state index in [-0.39, 0.29) is 64.0 Å². The Morgan fingerprint density at radius 2 is 1.32 bits per heavy atom. The van der Waals surface area contributed by atoms with E-state index in [0.717, 1.165) is 29.9 Å². The summed E-state index contributed by atoms with van der Waals surface area (Å²) in [5, 5.41) is 20.7. The van der Waals surface area contributed by atoms with Gasteiger partial charge in [0.2, 0.25) is 11.0 Å². The summed E-state index contributed by atoms with van der Waals surface area (Å²) in [4.78, 5) is 35.4. The van der Waals surface area contributed by atoms with Crippen LogP contribution in [-0.2, 0) is 11.2 Å². The molecular formula is C32H44Br4ClMgN7O5. The van der Waals surface area contributed by atoms with Gasteiger partial charge in [-0.2, -0.15) is 0 Å². The van der Waals surface area contributed by atoms with Crippen LogP contribution in [0.4, 0.5) is 23.0 Å². The third kappa shape index (κ3) is 20.3. The van der Waals surface area contributed by atoms with Crippen molar-refractivity contribution >= 4 is 112 Å². The third-order valence-corrected chi connectivity index (χ3v) is 7.22. The molecule has 0 N–H and O–H groups in total. The second kappa shape index (κ2) is 30.9. The molecule has 0 amide bonds. The van der Waals surface area contributed by atoms with E-state index >= 15 is 0 Å². The van der Waals surface area contributed by atoms with E-state index in [4.69, 9.17) is 16.3 Å². The Morgan fingerprint density at radius 1 is 0.880 bits per heavy atom. The van der Waals surface area contributed by atoms with Crippen molar-refractivity contribution in [2.75, 3.05) is 51.2 Å². The molecule has 1 saturated heterocycles. The van der Waals surface area contributed by atoms with Crippen LogP contribution in [0.3, 0.4) is 0 Å². The number of hydrogen-bond acceptors (Lipinski definition) is 10. The fourth-order valence-corrected chi connectivity index (χ4v) is 4.83.